The minimum absolute atomic E-state index is 0.252. The van der Waals surface area contributed by atoms with E-state index in [1.54, 1.807) is 0 Å². The molecule has 1 aromatic carbocycles. The Balaban J connectivity index is 2.04. The van der Waals surface area contributed by atoms with E-state index in [1.165, 1.54) is 0 Å². The predicted molar refractivity (Wildman–Crippen MR) is 73.9 cm³/mol. The minimum atomic E-state index is -0.647. The van der Waals surface area contributed by atoms with Gasteiger partial charge in [0.25, 0.3) is 0 Å². The first-order valence-electron chi connectivity index (χ1n) is 6.13. The first-order valence-corrected chi connectivity index (χ1v) is 7.61. The Morgan fingerprint density at radius 3 is 2.67 bits per heavy atom. The van der Waals surface area contributed by atoms with E-state index < -0.39 is 10.8 Å². The average Bonchev–Trinajstić information content (AvgIpc) is 2.34. The lowest BCUT2D eigenvalue weighted by atomic mass is 10.1. The molecule has 1 aliphatic heterocycles. The number of carbonyl (C=O) groups excluding carboxylic acids is 1. The van der Waals surface area contributed by atoms with Crippen LogP contribution in [0.4, 0.5) is 5.69 Å². The highest BCUT2D eigenvalue weighted by atomic mass is 32.2. The zero-order valence-corrected chi connectivity index (χ0v) is 11.0. The lowest BCUT2D eigenvalue weighted by Crippen LogP contribution is -2.30. The van der Waals surface area contributed by atoms with E-state index in [4.69, 9.17) is 5.73 Å². The van der Waals surface area contributed by atoms with Crippen molar-refractivity contribution in [2.24, 2.45) is 5.73 Å². The third-order valence-corrected chi connectivity index (χ3v) is 4.51. The number of hydrogen-bond donors (Lipinski definition) is 2. The lowest BCUT2D eigenvalue weighted by molar-refractivity contribution is -0.117. The molecule has 0 spiro atoms. The van der Waals surface area contributed by atoms with Crippen LogP contribution < -0.4 is 11.1 Å². The first kappa shape index (κ1) is 13.1. The maximum absolute atomic E-state index is 11.3. The molecular weight excluding hydrogens is 248 g/mol. The fraction of sp³-hybridized carbons (Fsp3) is 0.462. The van der Waals surface area contributed by atoms with Gasteiger partial charge in [-0.2, -0.15) is 0 Å². The van der Waals surface area contributed by atoms with Crippen LogP contribution >= 0.6 is 0 Å². The van der Waals surface area contributed by atoms with E-state index in [0.717, 1.165) is 35.6 Å². The van der Waals surface area contributed by atoms with Crippen molar-refractivity contribution in [1.29, 1.82) is 0 Å². The van der Waals surface area contributed by atoms with Crippen molar-refractivity contribution < 1.29 is 9.00 Å². The van der Waals surface area contributed by atoms with Gasteiger partial charge in [-0.15, -0.1) is 0 Å². The zero-order chi connectivity index (χ0) is 13.0. The van der Waals surface area contributed by atoms with Gasteiger partial charge in [-0.05, 0) is 24.5 Å². The number of nitrogens with one attached hydrogen (secondary N) is 1. The quantitative estimate of drug-likeness (QED) is 0.855. The van der Waals surface area contributed by atoms with Gasteiger partial charge in [0.2, 0.25) is 5.91 Å². The third kappa shape index (κ3) is 3.57. The first-order chi connectivity index (χ1) is 8.65. The molecule has 0 aliphatic carbocycles. The molecule has 0 atom stereocenters. The Morgan fingerprint density at radius 1 is 1.33 bits per heavy atom. The molecule has 1 aromatic rings. The van der Waals surface area contributed by atoms with Crippen molar-refractivity contribution in [3.63, 3.8) is 0 Å². The second-order valence-corrected chi connectivity index (χ2v) is 6.26. The van der Waals surface area contributed by atoms with E-state index in [1.807, 2.05) is 24.3 Å². The van der Waals surface area contributed by atoms with Gasteiger partial charge in [0.05, 0.1) is 6.42 Å². The monoisotopic (exact) mass is 266 g/mol. The van der Waals surface area contributed by atoms with Crippen molar-refractivity contribution in [3.8, 4) is 0 Å². The Morgan fingerprint density at radius 2 is 2.00 bits per heavy atom. The van der Waals surface area contributed by atoms with Crippen LogP contribution in [0.3, 0.4) is 0 Å². The summed E-state index contributed by atoms with van der Waals surface area (Å²) >= 11 is 0. The van der Waals surface area contributed by atoms with Crippen LogP contribution in [0.2, 0.25) is 0 Å². The predicted octanol–water partition coefficient (Wildman–Crippen LogP) is 1.04. The van der Waals surface area contributed by atoms with Crippen LogP contribution in [0.25, 0.3) is 0 Å². The van der Waals surface area contributed by atoms with Crippen LogP contribution in [-0.2, 0) is 22.0 Å². The van der Waals surface area contributed by atoms with Crippen LogP contribution in [0.1, 0.15) is 18.4 Å². The van der Waals surface area contributed by atoms with Gasteiger partial charge in [0.15, 0.2) is 0 Å². The highest BCUT2D eigenvalue weighted by Crippen LogP contribution is 2.20. The standard InChI is InChI=1S/C13H18N2O2S/c14-13(16)9-10-3-1-2-4-12(10)15-11-5-7-18(17)8-6-11/h1-4,11,15H,5-9H2,(H2,14,16). The van der Waals surface area contributed by atoms with Crippen molar-refractivity contribution in [3.05, 3.63) is 29.8 Å². The average molecular weight is 266 g/mol. The Labute approximate surface area is 109 Å². The summed E-state index contributed by atoms with van der Waals surface area (Å²) in [6.07, 6.45) is 2.08. The number of nitrogens with two attached hydrogens (primary N) is 1. The fourth-order valence-electron chi connectivity index (χ4n) is 2.16. The third-order valence-electron chi connectivity index (χ3n) is 3.13. The minimum Gasteiger partial charge on any atom is -0.382 e. The summed E-state index contributed by atoms with van der Waals surface area (Å²) in [6, 6.07) is 8.06. The van der Waals surface area contributed by atoms with Gasteiger partial charge in [0, 0.05) is 34.0 Å². The number of carbonyl (C=O) groups is 1. The van der Waals surface area contributed by atoms with E-state index in [-0.39, 0.29) is 12.3 Å². The van der Waals surface area contributed by atoms with Gasteiger partial charge in [0.1, 0.15) is 0 Å². The summed E-state index contributed by atoms with van der Waals surface area (Å²) in [4.78, 5) is 11.0. The number of primary amides is 1. The summed E-state index contributed by atoms with van der Waals surface area (Å²) in [7, 11) is -0.647. The number of para-hydroxylation sites is 1. The van der Waals surface area contributed by atoms with Crippen LogP contribution in [0, 0.1) is 0 Å². The lowest BCUT2D eigenvalue weighted by Gasteiger charge is -2.24. The van der Waals surface area contributed by atoms with Gasteiger partial charge in [-0.3, -0.25) is 9.00 Å². The second-order valence-electron chi connectivity index (χ2n) is 4.57. The van der Waals surface area contributed by atoms with Crippen molar-refractivity contribution in [2.75, 3.05) is 16.8 Å². The summed E-state index contributed by atoms with van der Waals surface area (Å²) in [5.41, 5.74) is 7.13. The fourth-order valence-corrected chi connectivity index (χ4v) is 3.46. The molecule has 1 fully saturated rings. The van der Waals surface area contributed by atoms with E-state index in [9.17, 15) is 9.00 Å². The van der Waals surface area contributed by atoms with Gasteiger partial charge in [-0.1, -0.05) is 18.2 Å². The Bertz CT molecular complexity index is 452. The van der Waals surface area contributed by atoms with Crippen LogP contribution in [0.15, 0.2) is 24.3 Å². The van der Waals surface area contributed by atoms with Gasteiger partial charge in [-0.25, -0.2) is 0 Å². The molecule has 1 amide bonds. The number of hydrogen-bond acceptors (Lipinski definition) is 3. The van der Waals surface area contributed by atoms with E-state index >= 15 is 0 Å². The van der Waals surface area contributed by atoms with Crippen molar-refractivity contribution in [1.82, 2.24) is 0 Å². The number of anilines is 1. The molecule has 5 heteroatoms. The zero-order valence-electron chi connectivity index (χ0n) is 10.2. The largest absolute Gasteiger partial charge is 0.382 e. The number of amides is 1. The Kier molecular flexibility index (Phi) is 4.36. The molecule has 3 N–H and O–H groups in total. The maximum Gasteiger partial charge on any atom is 0.221 e. The van der Waals surface area contributed by atoms with E-state index in [0.29, 0.717) is 6.04 Å². The summed E-state index contributed by atoms with van der Waals surface area (Å²) in [6.45, 7) is 0. The Hall–Kier alpha value is -1.36. The molecule has 1 heterocycles. The topological polar surface area (TPSA) is 72.2 Å². The maximum atomic E-state index is 11.3. The SMILES string of the molecule is NC(=O)Cc1ccccc1NC1CCS(=O)CC1. The normalized spacial score (nSPS) is 23.6. The smallest absolute Gasteiger partial charge is 0.221 e. The molecule has 1 aliphatic rings. The molecule has 0 radical (unpaired) electrons. The van der Waals surface area contributed by atoms with Gasteiger partial charge < -0.3 is 11.1 Å². The van der Waals surface area contributed by atoms with Crippen LogP contribution in [0.5, 0.6) is 0 Å². The molecule has 18 heavy (non-hydrogen) atoms. The van der Waals surface area contributed by atoms with E-state index in [2.05, 4.69) is 5.32 Å². The summed E-state index contributed by atoms with van der Waals surface area (Å²) in [5.74, 6) is 1.19. The highest BCUT2D eigenvalue weighted by Gasteiger charge is 2.18. The molecular formula is C13H18N2O2S. The van der Waals surface area contributed by atoms with Crippen molar-refractivity contribution >= 4 is 22.4 Å². The highest BCUT2D eigenvalue weighted by molar-refractivity contribution is 7.85. The summed E-state index contributed by atoms with van der Waals surface area (Å²) in [5, 5.41) is 3.43. The molecule has 0 bridgehead atoms. The molecule has 0 aromatic heterocycles. The van der Waals surface area contributed by atoms with Gasteiger partial charge >= 0.3 is 0 Å². The summed E-state index contributed by atoms with van der Waals surface area (Å²) < 4.78 is 11.3. The number of rotatable bonds is 4. The number of benzene rings is 1. The molecule has 4 nitrogen and oxygen atoms in total. The molecule has 98 valence electrons. The molecule has 0 unspecified atom stereocenters. The van der Waals surface area contributed by atoms with Crippen LogP contribution in [-0.4, -0.2) is 27.7 Å². The molecule has 2 rings (SSSR count). The second kappa shape index (κ2) is 6.00. The molecule has 1 saturated heterocycles. The molecule has 0 saturated carbocycles. The van der Waals surface area contributed by atoms with Crippen molar-refractivity contribution in [2.45, 2.75) is 25.3 Å².